The molecule has 0 N–H and O–H groups in total. The summed E-state index contributed by atoms with van der Waals surface area (Å²) in [6, 6.07) is 0. The van der Waals surface area contributed by atoms with Gasteiger partial charge < -0.3 is 14.4 Å². The van der Waals surface area contributed by atoms with E-state index < -0.39 is 24.3 Å². The van der Waals surface area contributed by atoms with Gasteiger partial charge in [0.2, 0.25) is 0 Å². The summed E-state index contributed by atoms with van der Waals surface area (Å²) < 4.78 is 46.1. The van der Waals surface area contributed by atoms with Crippen LogP contribution < -0.4 is 0 Å². The molecule has 0 bridgehead atoms. The van der Waals surface area contributed by atoms with Crippen LogP contribution in [-0.2, 0) is 14.3 Å². The fourth-order valence-corrected chi connectivity index (χ4v) is 1.47. The van der Waals surface area contributed by atoms with Crippen LogP contribution in [0.25, 0.3) is 0 Å². The first-order valence-corrected chi connectivity index (χ1v) is 6.51. The molecule has 0 aliphatic carbocycles. The highest BCUT2D eigenvalue weighted by Crippen LogP contribution is 2.24. The van der Waals surface area contributed by atoms with Crippen molar-refractivity contribution in [2.45, 2.75) is 32.5 Å². The van der Waals surface area contributed by atoms with E-state index in [1.165, 1.54) is 7.05 Å². The normalized spacial score (nSPS) is 13.9. The van der Waals surface area contributed by atoms with Gasteiger partial charge in [0, 0.05) is 13.6 Å². The van der Waals surface area contributed by atoms with Crippen molar-refractivity contribution >= 4 is 12.1 Å². The van der Waals surface area contributed by atoms with Crippen molar-refractivity contribution in [3.05, 3.63) is 23.8 Å². The van der Waals surface area contributed by atoms with Crippen molar-refractivity contribution in [1.82, 2.24) is 4.90 Å². The number of carbonyl (C=O) groups is 2. The molecule has 1 unspecified atom stereocenters. The Bertz CT molecular complexity index is 444. The number of methoxy groups -OCH3 is 1. The smallest absolute Gasteiger partial charge is 0.436 e. The van der Waals surface area contributed by atoms with Crippen molar-refractivity contribution in [2.24, 2.45) is 0 Å². The lowest BCUT2D eigenvalue weighted by Crippen LogP contribution is -2.44. The first-order chi connectivity index (χ1) is 10.2. The molecule has 0 spiro atoms. The van der Waals surface area contributed by atoms with E-state index in [4.69, 9.17) is 0 Å². The van der Waals surface area contributed by atoms with E-state index in [2.05, 4.69) is 9.47 Å². The van der Waals surface area contributed by atoms with Crippen LogP contribution in [0.5, 0.6) is 0 Å². The van der Waals surface area contributed by atoms with Crippen molar-refractivity contribution in [3.8, 4) is 0 Å². The second-order valence-corrected chi connectivity index (χ2v) is 4.36. The molecule has 0 heterocycles. The predicted molar refractivity (Wildman–Crippen MR) is 74.2 cm³/mol. The average molecular weight is 323 g/mol. The second-order valence-electron chi connectivity index (χ2n) is 4.36. The Kier molecular flexibility index (Phi) is 8.29. The van der Waals surface area contributed by atoms with E-state index in [9.17, 15) is 22.8 Å². The van der Waals surface area contributed by atoms with Gasteiger partial charge in [-0.3, -0.25) is 0 Å². The molecule has 1 atom stereocenters. The molecule has 0 aromatic heterocycles. The number of alkyl halides is 3. The van der Waals surface area contributed by atoms with Gasteiger partial charge >= 0.3 is 18.2 Å². The molecule has 0 aromatic rings. The molecule has 0 radical (unpaired) electrons. The van der Waals surface area contributed by atoms with Crippen LogP contribution in [-0.4, -0.2) is 49.9 Å². The van der Waals surface area contributed by atoms with Crippen molar-refractivity contribution in [1.29, 1.82) is 0 Å². The summed E-state index contributed by atoms with van der Waals surface area (Å²) in [6.45, 7) is 3.78. The Labute approximate surface area is 127 Å². The van der Waals surface area contributed by atoms with E-state index in [-0.39, 0.29) is 6.54 Å². The maximum atomic E-state index is 12.6. The molecule has 22 heavy (non-hydrogen) atoms. The lowest BCUT2D eigenvalue weighted by molar-refractivity contribution is -0.217. The number of esters is 1. The molecule has 8 heteroatoms. The molecule has 0 saturated heterocycles. The van der Waals surface area contributed by atoms with Crippen molar-refractivity contribution in [3.63, 3.8) is 0 Å². The Morgan fingerprint density at radius 2 is 1.86 bits per heavy atom. The van der Waals surface area contributed by atoms with E-state index in [1.807, 2.05) is 32.1 Å². The van der Waals surface area contributed by atoms with Gasteiger partial charge in [0.25, 0.3) is 6.10 Å². The lowest BCUT2D eigenvalue weighted by atomic mass is 10.1. The standard InChI is InChI=1S/C14H20F3NO4/c1-5-7-10(6-2)8-9-18(3)13(20)22-11(12(19)21-4)14(15,16)17/h5-7,11H,8-9H2,1-4H3/b7-5-,10-6+. The first-order valence-electron chi connectivity index (χ1n) is 6.51. The third-order valence-electron chi connectivity index (χ3n) is 2.73. The van der Waals surface area contributed by atoms with Crippen LogP contribution in [0.2, 0.25) is 0 Å². The summed E-state index contributed by atoms with van der Waals surface area (Å²) in [5.74, 6) is -1.67. The van der Waals surface area contributed by atoms with Gasteiger partial charge in [0.05, 0.1) is 7.11 Å². The Morgan fingerprint density at radius 3 is 2.27 bits per heavy atom. The third kappa shape index (κ3) is 6.64. The minimum atomic E-state index is -5.02. The number of hydrogen-bond acceptors (Lipinski definition) is 4. The van der Waals surface area contributed by atoms with Crippen molar-refractivity contribution < 1.29 is 32.2 Å². The van der Waals surface area contributed by atoms with E-state index in [1.54, 1.807) is 0 Å². The number of amides is 1. The Morgan fingerprint density at radius 1 is 1.27 bits per heavy atom. The van der Waals surface area contributed by atoms with Crippen LogP contribution in [0, 0.1) is 0 Å². The molecule has 126 valence electrons. The van der Waals surface area contributed by atoms with Crippen LogP contribution in [0.1, 0.15) is 20.3 Å². The zero-order valence-electron chi connectivity index (χ0n) is 12.9. The number of carbonyl (C=O) groups excluding carboxylic acids is 2. The summed E-state index contributed by atoms with van der Waals surface area (Å²) in [7, 11) is 2.07. The minimum Gasteiger partial charge on any atom is -0.466 e. The van der Waals surface area contributed by atoms with Gasteiger partial charge in [0.1, 0.15) is 0 Å². The topological polar surface area (TPSA) is 55.8 Å². The summed E-state index contributed by atoms with van der Waals surface area (Å²) in [5, 5.41) is 0. The fourth-order valence-electron chi connectivity index (χ4n) is 1.47. The molecule has 1 amide bonds. The van der Waals surface area contributed by atoms with Gasteiger partial charge in [-0.15, -0.1) is 0 Å². The number of nitrogens with zero attached hydrogens (tertiary/aromatic N) is 1. The fraction of sp³-hybridized carbons (Fsp3) is 0.571. The van der Waals surface area contributed by atoms with Crippen molar-refractivity contribution in [2.75, 3.05) is 20.7 Å². The highest BCUT2D eigenvalue weighted by Gasteiger charge is 2.49. The second kappa shape index (κ2) is 9.11. The summed E-state index contributed by atoms with van der Waals surface area (Å²) in [6.07, 6.45) is -3.29. The van der Waals surface area contributed by atoms with E-state index in [0.29, 0.717) is 6.42 Å². The average Bonchev–Trinajstić information content (AvgIpc) is 2.46. The van der Waals surface area contributed by atoms with Crippen LogP contribution in [0.3, 0.4) is 0 Å². The zero-order chi connectivity index (χ0) is 17.3. The Hall–Kier alpha value is -1.99. The SMILES string of the molecule is C/C=C\C(=C/C)CCN(C)C(=O)OC(C(=O)OC)C(F)(F)F. The van der Waals surface area contributed by atoms with Crippen LogP contribution in [0.4, 0.5) is 18.0 Å². The van der Waals surface area contributed by atoms with Gasteiger partial charge in [-0.25, -0.2) is 9.59 Å². The van der Waals surface area contributed by atoms with E-state index in [0.717, 1.165) is 17.6 Å². The number of ether oxygens (including phenoxy) is 2. The lowest BCUT2D eigenvalue weighted by Gasteiger charge is -2.22. The van der Waals surface area contributed by atoms with Gasteiger partial charge in [-0.1, -0.05) is 23.8 Å². The maximum Gasteiger partial charge on any atom is 0.436 e. The molecule has 0 fully saturated rings. The van der Waals surface area contributed by atoms with Gasteiger partial charge in [0.15, 0.2) is 0 Å². The maximum absolute atomic E-state index is 12.6. The number of halogens is 3. The first kappa shape index (κ1) is 20.0. The monoisotopic (exact) mass is 323 g/mol. The number of rotatable bonds is 6. The molecule has 5 nitrogen and oxygen atoms in total. The number of hydrogen-bond donors (Lipinski definition) is 0. The zero-order valence-corrected chi connectivity index (χ0v) is 12.9. The highest BCUT2D eigenvalue weighted by atomic mass is 19.4. The van der Waals surface area contributed by atoms with Gasteiger partial charge in [-0.2, -0.15) is 13.2 Å². The minimum absolute atomic E-state index is 0.147. The molecule has 0 aliphatic heterocycles. The van der Waals surface area contributed by atoms with Crippen LogP contribution >= 0.6 is 0 Å². The molecule has 0 aromatic carbocycles. The number of allylic oxidation sites excluding steroid dienone is 3. The molecule has 0 aliphatic rings. The summed E-state index contributed by atoms with van der Waals surface area (Å²) in [4.78, 5) is 23.7. The van der Waals surface area contributed by atoms with Crippen LogP contribution in [0.15, 0.2) is 23.8 Å². The van der Waals surface area contributed by atoms with Gasteiger partial charge in [-0.05, 0) is 20.3 Å². The predicted octanol–water partition coefficient (Wildman–Crippen LogP) is 3.07. The quantitative estimate of drug-likeness (QED) is 0.557. The summed E-state index contributed by atoms with van der Waals surface area (Å²) >= 11 is 0. The molecule has 0 saturated carbocycles. The highest BCUT2D eigenvalue weighted by molar-refractivity contribution is 5.79. The third-order valence-corrected chi connectivity index (χ3v) is 2.73. The molecular weight excluding hydrogens is 303 g/mol. The Balaban J connectivity index is 4.71. The summed E-state index contributed by atoms with van der Waals surface area (Å²) in [5.41, 5.74) is 0.919. The van der Waals surface area contributed by atoms with E-state index >= 15 is 0 Å². The molecule has 0 rings (SSSR count). The molecular formula is C14H20F3NO4. The largest absolute Gasteiger partial charge is 0.466 e.